The lowest BCUT2D eigenvalue weighted by Gasteiger charge is -2.30. The van der Waals surface area contributed by atoms with E-state index in [4.69, 9.17) is 5.73 Å². The summed E-state index contributed by atoms with van der Waals surface area (Å²) < 4.78 is 0. The second-order valence-electron chi connectivity index (χ2n) is 6.86. The molecule has 3 N–H and O–H groups in total. The molecule has 6 atom stereocenters. The van der Waals surface area contributed by atoms with Crippen LogP contribution in [0.15, 0.2) is 0 Å². The molecule has 3 fully saturated rings. The van der Waals surface area contributed by atoms with Gasteiger partial charge in [-0.2, -0.15) is 0 Å². The van der Waals surface area contributed by atoms with Gasteiger partial charge in [0.25, 0.3) is 0 Å². The van der Waals surface area contributed by atoms with Gasteiger partial charge in [-0.1, -0.05) is 13.8 Å². The number of amides is 1. The van der Waals surface area contributed by atoms with Crippen molar-refractivity contribution in [1.29, 1.82) is 0 Å². The highest BCUT2D eigenvalue weighted by molar-refractivity contribution is 5.82. The maximum atomic E-state index is 12.4. The van der Waals surface area contributed by atoms with E-state index < -0.39 is 6.04 Å². The SMILES string of the molecule is CC(C)CC(N)C(=O)N1CC2CC3CC2C1C3O. The van der Waals surface area contributed by atoms with Crippen molar-refractivity contribution < 1.29 is 9.90 Å². The predicted molar refractivity (Wildman–Crippen MR) is 68.6 cm³/mol. The van der Waals surface area contributed by atoms with Gasteiger partial charge < -0.3 is 15.7 Å². The minimum absolute atomic E-state index is 0.0581. The van der Waals surface area contributed by atoms with Gasteiger partial charge in [-0.15, -0.1) is 0 Å². The van der Waals surface area contributed by atoms with Gasteiger partial charge in [-0.25, -0.2) is 0 Å². The molecular weight excluding hydrogens is 228 g/mol. The third-order valence-corrected chi connectivity index (χ3v) is 5.17. The van der Waals surface area contributed by atoms with Crippen molar-refractivity contribution in [2.75, 3.05) is 6.54 Å². The number of rotatable bonds is 3. The highest BCUT2D eigenvalue weighted by Crippen LogP contribution is 2.54. The number of carbonyl (C=O) groups is 1. The average Bonchev–Trinajstić information content (AvgIpc) is 2.87. The summed E-state index contributed by atoms with van der Waals surface area (Å²) in [6, 6.07) is -0.326. The molecule has 6 unspecified atom stereocenters. The van der Waals surface area contributed by atoms with Crippen LogP contribution in [0.4, 0.5) is 0 Å². The largest absolute Gasteiger partial charge is 0.391 e. The van der Waals surface area contributed by atoms with Crippen molar-refractivity contribution >= 4 is 5.91 Å². The fourth-order valence-electron chi connectivity index (χ4n) is 4.49. The molecule has 4 nitrogen and oxygen atoms in total. The van der Waals surface area contributed by atoms with Gasteiger partial charge in [-0.3, -0.25) is 4.79 Å². The van der Waals surface area contributed by atoms with Crippen LogP contribution in [0.1, 0.15) is 33.1 Å². The zero-order valence-corrected chi connectivity index (χ0v) is 11.2. The number of carbonyl (C=O) groups excluding carboxylic acids is 1. The normalized spacial score (nSPS) is 42.9. The van der Waals surface area contributed by atoms with E-state index in [0.29, 0.717) is 23.7 Å². The van der Waals surface area contributed by atoms with Crippen molar-refractivity contribution in [2.24, 2.45) is 29.4 Å². The molecule has 4 heteroatoms. The first-order valence-corrected chi connectivity index (χ1v) is 7.23. The number of aliphatic hydroxyl groups is 1. The van der Waals surface area contributed by atoms with Crippen LogP contribution >= 0.6 is 0 Å². The maximum absolute atomic E-state index is 12.4. The molecule has 102 valence electrons. The van der Waals surface area contributed by atoms with Crippen LogP contribution in [0.25, 0.3) is 0 Å². The first kappa shape index (κ1) is 12.4. The molecule has 0 radical (unpaired) electrons. The van der Waals surface area contributed by atoms with E-state index in [2.05, 4.69) is 13.8 Å². The summed E-state index contributed by atoms with van der Waals surface area (Å²) >= 11 is 0. The number of nitrogens with two attached hydrogens (primary N) is 1. The van der Waals surface area contributed by atoms with Crippen molar-refractivity contribution in [3.8, 4) is 0 Å². The third-order valence-electron chi connectivity index (χ3n) is 5.17. The molecule has 1 aliphatic heterocycles. The van der Waals surface area contributed by atoms with Crippen LogP contribution in [0.3, 0.4) is 0 Å². The summed E-state index contributed by atoms with van der Waals surface area (Å²) in [7, 11) is 0. The first-order chi connectivity index (χ1) is 8.49. The fourth-order valence-corrected chi connectivity index (χ4v) is 4.49. The van der Waals surface area contributed by atoms with Crippen molar-refractivity contribution in [3.63, 3.8) is 0 Å². The van der Waals surface area contributed by atoms with Gasteiger partial charge in [-0.05, 0) is 42.9 Å². The molecule has 2 bridgehead atoms. The highest BCUT2D eigenvalue weighted by Gasteiger charge is 2.60. The van der Waals surface area contributed by atoms with Crippen LogP contribution < -0.4 is 5.73 Å². The Morgan fingerprint density at radius 3 is 2.72 bits per heavy atom. The summed E-state index contributed by atoms with van der Waals surface area (Å²) in [5.41, 5.74) is 6.01. The first-order valence-electron chi connectivity index (χ1n) is 7.23. The predicted octanol–water partition coefficient (Wildman–Crippen LogP) is 0.587. The molecule has 2 aliphatic carbocycles. The Morgan fingerprint density at radius 1 is 1.39 bits per heavy atom. The second kappa shape index (κ2) is 4.20. The highest BCUT2D eigenvalue weighted by atomic mass is 16.3. The second-order valence-corrected chi connectivity index (χ2v) is 6.86. The van der Waals surface area contributed by atoms with E-state index >= 15 is 0 Å². The Hall–Kier alpha value is -0.610. The van der Waals surface area contributed by atoms with Gasteiger partial charge >= 0.3 is 0 Å². The third kappa shape index (κ3) is 1.69. The summed E-state index contributed by atoms with van der Waals surface area (Å²) in [4.78, 5) is 14.3. The van der Waals surface area contributed by atoms with E-state index in [9.17, 15) is 9.90 Å². The maximum Gasteiger partial charge on any atom is 0.239 e. The zero-order chi connectivity index (χ0) is 13.0. The average molecular weight is 252 g/mol. The topological polar surface area (TPSA) is 66.6 Å². The van der Waals surface area contributed by atoms with Crippen LogP contribution in [0.5, 0.6) is 0 Å². The van der Waals surface area contributed by atoms with Gasteiger partial charge in [0.15, 0.2) is 0 Å². The minimum atomic E-state index is -0.395. The molecule has 1 heterocycles. The van der Waals surface area contributed by atoms with Gasteiger partial charge in [0, 0.05) is 6.54 Å². The fraction of sp³-hybridized carbons (Fsp3) is 0.929. The Balaban J connectivity index is 1.72. The summed E-state index contributed by atoms with van der Waals surface area (Å²) in [6.45, 7) is 5.00. The smallest absolute Gasteiger partial charge is 0.239 e. The summed E-state index contributed by atoms with van der Waals surface area (Å²) in [6.07, 6.45) is 2.64. The van der Waals surface area contributed by atoms with E-state index in [1.807, 2.05) is 4.90 Å². The molecular formula is C14H24N2O2. The molecule has 0 aromatic rings. The van der Waals surface area contributed by atoms with Crippen LogP contribution in [0.2, 0.25) is 0 Å². The molecule has 1 amide bonds. The van der Waals surface area contributed by atoms with Crippen LogP contribution in [-0.4, -0.2) is 40.6 Å². The number of hydrogen-bond acceptors (Lipinski definition) is 3. The number of fused-ring (bicyclic) bond motifs is 1. The number of hydrogen-bond donors (Lipinski definition) is 2. The Morgan fingerprint density at radius 2 is 2.11 bits per heavy atom. The minimum Gasteiger partial charge on any atom is -0.391 e. The van der Waals surface area contributed by atoms with Crippen LogP contribution in [0, 0.1) is 23.7 Å². The lowest BCUT2D eigenvalue weighted by molar-refractivity contribution is -0.135. The van der Waals surface area contributed by atoms with E-state index in [1.54, 1.807) is 0 Å². The molecule has 3 aliphatic rings. The number of likely N-dealkylation sites (tertiary alicyclic amines) is 1. The summed E-state index contributed by atoms with van der Waals surface area (Å²) in [5.74, 6) is 2.09. The van der Waals surface area contributed by atoms with Gasteiger partial charge in [0.1, 0.15) is 0 Å². The molecule has 18 heavy (non-hydrogen) atoms. The van der Waals surface area contributed by atoms with E-state index in [-0.39, 0.29) is 18.1 Å². The molecule has 3 rings (SSSR count). The standard InChI is InChI=1S/C14H24N2O2/c1-7(2)3-11(15)14(18)16-6-9-4-8-5-10(9)12(16)13(8)17/h7-13,17H,3-6,15H2,1-2H3. The Labute approximate surface area is 109 Å². The monoisotopic (exact) mass is 252 g/mol. The number of aliphatic hydroxyl groups excluding tert-OH is 1. The van der Waals surface area contributed by atoms with Crippen molar-refractivity contribution in [3.05, 3.63) is 0 Å². The van der Waals surface area contributed by atoms with E-state index in [0.717, 1.165) is 25.8 Å². The van der Waals surface area contributed by atoms with Gasteiger partial charge in [0.05, 0.1) is 18.2 Å². The lowest BCUT2D eigenvalue weighted by atomic mass is 9.88. The molecule has 0 spiro atoms. The lowest BCUT2D eigenvalue weighted by Crippen LogP contribution is -2.50. The Bertz CT molecular complexity index is 356. The summed E-state index contributed by atoms with van der Waals surface area (Å²) in [5, 5.41) is 10.3. The molecule has 0 aromatic carbocycles. The molecule has 1 saturated heterocycles. The van der Waals surface area contributed by atoms with Gasteiger partial charge in [0.2, 0.25) is 5.91 Å². The van der Waals surface area contributed by atoms with Crippen molar-refractivity contribution in [1.82, 2.24) is 4.90 Å². The Kier molecular flexibility index (Phi) is 2.90. The molecule has 2 saturated carbocycles. The quantitative estimate of drug-likeness (QED) is 0.772. The van der Waals surface area contributed by atoms with Crippen LogP contribution in [-0.2, 0) is 4.79 Å². The number of nitrogens with zero attached hydrogens (tertiary/aromatic N) is 1. The van der Waals surface area contributed by atoms with Crippen molar-refractivity contribution in [2.45, 2.75) is 51.3 Å². The zero-order valence-electron chi connectivity index (χ0n) is 11.2. The van der Waals surface area contributed by atoms with E-state index in [1.165, 1.54) is 0 Å². The molecule has 0 aromatic heterocycles.